The first kappa shape index (κ1) is 14.1. The molecule has 1 saturated heterocycles. The lowest BCUT2D eigenvalue weighted by atomic mass is 10.1. The fourth-order valence-electron chi connectivity index (χ4n) is 2.83. The fourth-order valence-corrected chi connectivity index (χ4v) is 2.83. The maximum Gasteiger partial charge on any atom is 0.290 e. The van der Waals surface area contributed by atoms with Crippen LogP contribution < -0.4 is 5.32 Å². The molecule has 0 radical (unpaired) electrons. The van der Waals surface area contributed by atoms with E-state index in [1.807, 2.05) is 36.1 Å². The van der Waals surface area contributed by atoms with Crippen LogP contribution in [0.1, 0.15) is 23.0 Å². The van der Waals surface area contributed by atoms with Gasteiger partial charge in [-0.3, -0.25) is 4.79 Å². The maximum absolute atomic E-state index is 12.8. The number of carbonyl (C=O) groups excluding carboxylic acids is 1. The molecule has 112 valence electrons. The van der Waals surface area contributed by atoms with Crippen molar-refractivity contribution >= 4 is 16.9 Å². The van der Waals surface area contributed by atoms with Gasteiger partial charge >= 0.3 is 0 Å². The average Bonchev–Trinajstić information content (AvgIpc) is 2.87. The highest BCUT2D eigenvalue weighted by atomic mass is 16.5. The van der Waals surface area contributed by atoms with E-state index in [0.717, 1.165) is 29.6 Å². The second-order valence-corrected chi connectivity index (χ2v) is 5.39. The molecule has 3 rings (SSSR count). The van der Waals surface area contributed by atoms with Crippen molar-refractivity contribution in [3.05, 3.63) is 35.6 Å². The number of carbonyl (C=O) groups is 1. The van der Waals surface area contributed by atoms with Crippen molar-refractivity contribution in [2.75, 3.05) is 26.7 Å². The van der Waals surface area contributed by atoms with Gasteiger partial charge in [0.25, 0.3) is 5.91 Å². The molecule has 0 bridgehead atoms. The van der Waals surface area contributed by atoms with E-state index in [4.69, 9.17) is 9.15 Å². The van der Waals surface area contributed by atoms with Gasteiger partial charge in [-0.25, -0.2) is 0 Å². The van der Waals surface area contributed by atoms with Crippen molar-refractivity contribution in [3.8, 4) is 0 Å². The van der Waals surface area contributed by atoms with Crippen molar-refractivity contribution < 1.29 is 13.9 Å². The molecule has 1 fully saturated rings. The lowest BCUT2D eigenvalue weighted by Gasteiger charge is -2.33. The number of methoxy groups -OCH3 is 1. The van der Waals surface area contributed by atoms with Gasteiger partial charge in [0.2, 0.25) is 0 Å². The van der Waals surface area contributed by atoms with E-state index in [-0.39, 0.29) is 11.9 Å². The molecule has 21 heavy (non-hydrogen) atoms. The van der Waals surface area contributed by atoms with Gasteiger partial charge < -0.3 is 19.4 Å². The summed E-state index contributed by atoms with van der Waals surface area (Å²) in [6.45, 7) is 4.74. The summed E-state index contributed by atoms with van der Waals surface area (Å²) in [5.74, 6) is 0.360. The van der Waals surface area contributed by atoms with Crippen LogP contribution in [-0.4, -0.2) is 43.6 Å². The van der Waals surface area contributed by atoms with E-state index in [1.54, 1.807) is 7.11 Å². The molecule has 1 aliphatic rings. The standard InChI is InChI=1S/C16H20N2O3/c1-11-9-17-7-8-18(11)16(19)15-13(10-20-2)12-5-3-4-6-14(12)21-15/h3-6,11,17H,7-10H2,1-2H3/t11-/m0/s1. The molecule has 1 N–H and O–H groups in total. The minimum atomic E-state index is -0.0488. The van der Waals surface area contributed by atoms with Gasteiger partial charge in [-0.05, 0) is 13.0 Å². The SMILES string of the molecule is COCc1c(C(=O)N2CCNC[C@@H]2C)oc2ccccc12. The van der Waals surface area contributed by atoms with Crippen LogP contribution in [0.2, 0.25) is 0 Å². The zero-order valence-electron chi connectivity index (χ0n) is 12.4. The van der Waals surface area contributed by atoms with Crippen LogP contribution >= 0.6 is 0 Å². The molecule has 1 aromatic heterocycles. The summed E-state index contributed by atoms with van der Waals surface area (Å²) in [5.41, 5.74) is 1.57. The molecule has 0 unspecified atom stereocenters. The molecule has 1 atom stereocenters. The van der Waals surface area contributed by atoms with Crippen molar-refractivity contribution in [2.24, 2.45) is 0 Å². The Labute approximate surface area is 123 Å². The van der Waals surface area contributed by atoms with Crippen LogP contribution in [-0.2, 0) is 11.3 Å². The van der Waals surface area contributed by atoms with Gasteiger partial charge in [-0.1, -0.05) is 18.2 Å². The van der Waals surface area contributed by atoms with Gasteiger partial charge in [0.05, 0.1) is 6.61 Å². The van der Waals surface area contributed by atoms with E-state index < -0.39 is 0 Å². The number of nitrogens with zero attached hydrogens (tertiary/aromatic N) is 1. The molecule has 1 aromatic carbocycles. The first-order valence-corrected chi connectivity index (χ1v) is 7.23. The Morgan fingerprint density at radius 2 is 2.29 bits per heavy atom. The van der Waals surface area contributed by atoms with E-state index in [0.29, 0.717) is 18.9 Å². The Morgan fingerprint density at radius 1 is 1.48 bits per heavy atom. The van der Waals surface area contributed by atoms with Crippen LogP contribution in [0.25, 0.3) is 11.0 Å². The number of hydrogen-bond donors (Lipinski definition) is 1. The van der Waals surface area contributed by atoms with E-state index >= 15 is 0 Å². The van der Waals surface area contributed by atoms with Crippen LogP contribution in [0.5, 0.6) is 0 Å². The average molecular weight is 288 g/mol. The number of para-hydroxylation sites is 1. The van der Waals surface area contributed by atoms with Gasteiger partial charge in [-0.2, -0.15) is 0 Å². The van der Waals surface area contributed by atoms with Gasteiger partial charge in [0.15, 0.2) is 5.76 Å². The topological polar surface area (TPSA) is 54.7 Å². The Morgan fingerprint density at radius 3 is 3.05 bits per heavy atom. The number of benzene rings is 1. The monoisotopic (exact) mass is 288 g/mol. The van der Waals surface area contributed by atoms with E-state index in [9.17, 15) is 4.79 Å². The maximum atomic E-state index is 12.8. The lowest BCUT2D eigenvalue weighted by Crippen LogP contribution is -2.52. The van der Waals surface area contributed by atoms with Crippen LogP contribution in [0, 0.1) is 0 Å². The zero-order valence-corrected chi connectivity index (χ0v) is 12.4. The van der Waals surface area contributed by atoms with Crippen LogP contribution in [0.3, 0.4) is 0 Å². The van der Waals surface area contributed by atoms with Crippen LogP contribution in [0.4, 0.5) is 0 Å². The number of ether oxygens (including phenoxy) is 1. The van der Waals surface area contributed by atoms with Crippen molar-refractivity contribution in [1.29, 1.82) is 0 Å². The third-order valence-corrected chi connectivity index (χ3v) is 3.94. The third-order valence-electron chi connectivity index (χ3n) is 3.94. The molecule has 5 nitrogen and oxygen atoms in total. The molecule has 2 heterocycles. The first-order valence-electron chi connectivity index (χ1n) is 7.23. The largest absolute Gasteiger partial charge is 0.451 e. The van der Waals surface area contributed by atoms with Gasteiger partial charge in [0.1, 0.15) is 5.58 Å². The van der Waals surface area contributed by atoms with Crippen molar-refractivity contribution in [2.45, 2.75) is 19.6 Å². The predicted octanol–water partition coefficient (Wildman–Crippen LogP) is 2.01. The highest BCUT2D eigenvalue weighted by Crippen LogP contribution is 2.28. The summed E-state index contributed by atoms with van der Waals surface area (Å²) in [6.07, 6.45) is 0. The highest BCUT2D eigenvalue weighted by Gasteiger charge is 2.29. The number of amides is 1. The first-order chi connectivity index (χ1) is 10.2. The minimum Gasteiger partial charge on any atom is -0.451 e. The number of fused-ring (bicyclic) bond motifs is 1. The smallest absolute Gasteiger partial charge is 0.290 e. The molecule has 2 aromatic rings. The van der Waals surface area contributed by atoms with E-state index in [2.05, 4.69) is 5.32 Å². The summed E-state index contributed by atoms with van der Waals surface area (Å²) < 4.78 is 11.1. The summed E-state index contributed by atoms with van der Waals surface area (Å²) in [5, 5.41) is 4.24. The summed E-state index contributed by atoms with van der Waals surface area (Å²) in [4.78, 5) is 14.7. The molecular formula is C16H20N2O3. The summed E-state index contributed by atoms with van der Waals surface area (Å²) in [7, 11) is 1.63. The lowest BCUT2D eigenvalue weighted by molar-refractivity contribution is 0.0619. The normalized spacial score (nSPS) is 19.1. The van der Waals surface area contributed by atoms with Gasteiger partial charge in [0, 0.05) is 43.7 Å². The molecule has 0 spiro atoms. The number of nitrogens with one attached hydrogen (secondary N) is 1. The zero-order chi connectivity index (χ0) is 14.8. The third kappa shape index (κ3) is 2.54. The molecular weight excluding hydrogens is 268 g/mol. The number of piperazine rings is 1. The summed E-state index contributed by atoms with van der Waals surface area (Å²) in [6, 6.07) is 7.86. The minimum absolute atomic E-state index is 0.0488. The number of hydrogen-bond acceptors (Lipinski definition) is 4. The predicted molar refractivity (Wildman–Crippen MR) is 80.3 cm³/mol. The fraction of sp³-hybridized carbons (Fsp3) is 0.438. The molecule has 5 heteroatoms. The Bertz CT molecular complexity index is 650. The second kappa shape index (κ2) is 5.87. The quantitative estimate of drug-likeness (QED) is 0.938. The number of rotatable bonds is 3. The van der Waals surface area contributed by atoms with Crippen molar-refractivity contribution in [3.63, 3.8) is 0 Å². The Kier molecular flexibility index (Phi) is 3.94. The Hall–Kier alpha value is -1.85. The number of furan rings is 1. The van der Waals surface area contributed by atoms with Crippen LogP contribution in [0.15, 0.2) is 28.7 Å². The van der Waals surface area contributed by atoms with Crippen molar-refractivity contribution in [1.82, 2.24) is 10.2 Å². The second-order valence-electron chi connectivity index (χ2n) is 5.39. The summed E-state index contributed by atoms with van der Waals surface area (Å²) >= 11 is 0. The molecule has 1 amide bonds. The van der Waals surface area contributed by atoms with E-state index in [1.165, 1.54) is 0 Å². The highest BCUT2D eigenvalue weighted by molar-refractivity contribution is 5.99. The Balaban J connectivity index is 2.02. The molecule has 1 aliphatic heterocycles. The molecule has 0 aliphatic carbocycles. The molecule has 0 saturated carbocycles. The van der Waals surface area contributed by atoms with Gasteiger partial charge in [-0.15, -0.1) is 0 Å².